The summed E-state index contributed by atoms with van der Waals surface area (Å²) in [6, 6.07) is 8.34. The van der Waals surface area contributed by atoms with Crippen molar-refractivity contribution in [2.75, 3.05) is 0 Å². The maximum atomic E-state index is 13.4. The number of hydrazine groups is 1. The molecule has 0 aliphatic heterocycles. The topological polar surface area (TPSA) is 51.2 Å². The first-order valence-corrected chi connectivity index (χ1v) is 5.94. The second-order valence-electron chi connectivity index (χ2n) is 3.65. The summed E-state index contributed by atoms with van der Waals surface area (Å²) in [7, 11) is 0. The third-order valence-corrected chi connectivity index (χ3v) is 3.38. The van der Waals surface area contributed by atoms with Crippen LogP contribution in [-0.4, -0.2) is 0 Å². The zero-order valence-corrected chi connectivity index (χ0v) is 10.6. The SMILES string of the molecule is NNC(Cc1ccco1)c1cccc(F)c1Br. The van der Waals surface area contributed by atoms with Crippen LogP contribution in [0.15, 0.2) is 45.5 Å². The number of rotatable bonds is 4. The highest BCUT2D eigenvalue weighted by Crippen LogP contribution is 2.27. The van der Waals surface area contributed by atoms with E-state index >= 15 is 0 Å². The minimum absolute atomic E-state index is 0.203. The van der Waals surface area contributed by atoms with Crippen LogP contribution in [0.2, 0.25) is 0 Å². The van der Waals surface area contributed by atoms with E-state index in [4.69, 9.17) is 10.3 Å². The molecule has 17 heavy (non-hydrogen) atoms. The first-order chi connectivity index (χ1) is 8.22. The van der Waals surface area contributed by atoms with Crippen LogP contribution >= 0.6 is 15.9 Å². The summed E-state index contributed by atoms with van der Waals surface area (Å²) in [4.78, 5) is 0. The lowest BCUT2D eigenvalue weighted by Gasteiger charge is -2.16. The van der Waals surface area contributed by atoms with E-state index in [1.165, 1.54) is 6.07 Å². The van der Waals surface area contributed by atoms with Crippen molar-refractivity contribution in [3.63, 3.8) is 0 Å². The minimum atomic E-state index is -0.304. The number of halogens is 2. The lowest BCUT2D eigenvalue weighted by Crippen LogP contribution is -2.29. The first kappa shape index (κ1) is 12.3. The van der Waals surface area contributed by atoms with Crippen molar-refractivity contribution in [3.05, 3.63) is 58.2 Å². The van der Waals surface area contributed by atoms with E-state index in [9.17, 15) is 4.39 Å². The Hall–Kier alpha value is -1.17. The van der Waals surface area contributed by atoms with Gasteiger partial charge in [0.2, 0.25) is 0 Å². The van der Waals surface area contributed by atoms with Crippen molar-refractivity contribution < 1.29 is 8.81 Å². The highest BCUT2D eigenvalue weighted by Gasteiger charge is 2.16. The maximum absolute atomic E-state index is 13.4. The molecule has 1 aromatic carbocycles. The van der Waals surface area contributed by atoms with Gasteiger partial charge in [-0.15, -0.1) is 0 Å². The van der Waals surface area contributed by atoms with Crippen LogP contribution in [0, 0.1) is 5.82 Å². The number of nitrogens with one attached hydrogen (secondary N) is 1. The average molecular weight is 299 g/mol. The van der Waals surface area contributed by atoms with E-state index in [1.807, 2.05) is 18.2 Å². The Bertz CT molecular complexity index is 487. The van der Waals surface area contributed by atoms with E-state index < -0.39 is 0 Å². The summed E-state index contributed by atoms with van der Waals surface area (Å²) in [5.41, 5.74) is 3.44. The molecule has 0 bridgehead atoms. The van der Waals surface area contributed by atoms with Gasteiger partial charge in [-0.3, -0.25) is 11.3 Å². The van der Waals surface area contributed by atoms with Crippen LogP contribution in [0.5, 0.6) is 0 Å². The predicted molar refractivity (Wildman–Crippen MR) is 66.6 cm³/mol. The number of furan rings is 1. The molecule has 1 aromatic heterocycles. The molecule has 0 amide bonds. The molecule has 1 atom stereocenters. The molecule has 2 aromatic rings. The summed E-state index contributed by atoms with van der Waals surface area (Å²) in [6.07, 6.45) is 2.16. The van der Waals surface area contributed by atoms with Crippen LogP contribution < -0.4 is 11.3 Å². The summed E-state index contributed by atoms with van der Waals surface area (Å²) in [5.74, 6) is 6.00. The summed E-state index contributed by atoms with van der Waals surface area (Å²) in [5, 5.41) is 0. The fourth-order valence-electron chi connectivity index (χ4n) is 1.68. The van der Waals surface area contributed by atoms with Gasteiger partial charge < -0.3 is 4.42 Å². The van der Waals surface area contributed by atoms with Gasteiger partial charge in [0.15, 0.2) is 0 Å². The zero-order valence-electron chi connectivity index (χ0n) is 8.99. The Morgan fingerprint density at radius 3 is 2.82 bits per heavy atom. The van der Waals surface area contributed by atoms with E-state index in [1.54, 1.807) is 12.3 Å². The number of benzene rings is 1. The van der Waals surface area contributed by atoms with Crippen LogP contribution in [-0.2, 0) is 6.42 Å². The summed E-state index contributed by atoms with van der Waals surface area (Å²) < 4.78 is 19.1. The van der Waals surface area contributed by atoms with Crippen molar-refractivity contribution in [2.24, 2.45) is 5.84 Å². The first-order valence-electron chi connectivity index (χ1n) is 5.14. The standard InChI is InChI=1S/C12H12BrFN2O/c13-12-9(4-1-5-10(12)14)11(16-15)7-8-3-2-6-17-8/h1-6,11,16H,7,15H2. The van der Waals surface area contributed by atoms with Crippen molar-refractivity contribution in [3.8, 4) is 0 Å². The molecule has 3 nitrogen and oxygen atoms in total. The quantitative estimate of drug-likeness (QED) is 0.674. The highest BCUT2D eigenvalue weighted by molar-refractivity contribution is 9.10. The largest absolute Gasteiger partial charge is 0.469 e. The predicted octanol–water partition coefficient (Wildman–Crippen LogP) is 2.93. The van der Waals surface area contributed by atoms with E-state index in [-0.39, 0.29) is 11.9 Å². The van der Waals surface area contributed by atoms with Gasteiger partial charge >= 0.3 is 0 Å². The van der Waals surface area contributed by atoms with Crippen molar-refractivity contribution in [1.82, 2.24) is 5.43 Å². The smallest absolute Gasteiger partial charge is 0.137 e. The lowest BCUT2D eigenvalue weighted by atomic mass is 10.0. The Labute approximate surface area is 107 Å². The third-order valence-electron chi connectivity index (χ3n) is 2.54. The molecule has 3 N–H and O–H groups in total. The van der Waals surface area contributed by atoms with E-state index in [2.05, 4.69) is 21.4 Å². The highest BCUT2D eigenvalue weighted by atomic mass is 79.9. The van der Waals surface area contributed by atoms with Gasteiger partial charge in [-0.05, 0) is 39.7 Å². The van der Waals surface area contributed by atoms with Crippen LogP contribution in [0.3, 0.4) is 0 Å². The van der Waals surface area contributed by atoms with Gasteiger partial charge in [0.1, 0.15) is 11.6 Å². The van der Waals surface area contributed by atoms with Gasteiger partial charge in [-0.1, -0.05) is 12.1 Å². The molecule has 0 fully saturated rings. The molecule has 1 unspecified atom stereocenters. The van der Waals surface area contributed by atoms with Crippen LogP contribution in [0.25, 0.3) is 0 Å². The third kappa shape index (κ3) is 2.74. The molecule has 0 saturated carbocycles. The van der Waals surface area contributed by atoms with Gasteiger partial charge in [-0.2, -0.15) is 0 Å². The number of hydrogen-bond donors (Lipinski definition) is 2. The monoisotopic (exact) mass is 298 g/mol. The molecule has 1 heterocycles. The molecule has 0 radical (unpaired) electrons. The molecule has 0 saturated heterocycles. The van der Waals surface area contributed by atoms with Gasteiger partial charge in [0.25, 0.3) is 0 Å². The fourth-order valence-corrected chi connectivity index (χ4v) is 2.22. The second kappa shape index (κ2) is 5.44. The normalized spacial score (nSPS) is 12.6. The van der Waals surface area contributed by atoms with Crippen LogP contribution in [0.4, 0.5) is 4.39 Å². The minimum Gasteiger partial charge on any atom is -0.469 e. The molecule has 0 aliphatic carbocycles. The zero-order chi connectivity index (χ0) is 12.3. The van der Waals surface area contributed by atoms with E-state index in [0.29, 0.717) is 10.9 Å². The Morgan fingerprint density at radius 1 is 1.35 bits per heavy atom. The molecule has 0 spiro atoms. The van der Waals surface area contributed by atoms with Crippen molar-refractivity contribution >= 4 is 15.9 Å². The summed E-state index contributed by atoms with van der Waals surface area (Å²) >= 11 is 3.22. The second-order valence-corrected chi connectivity index (χ2v) is 4.44. The molecule has 5 heteroatoms. The van der Waals surface area contributed by atoms with Crippen molar-refractivity contribution in [2.45, 2.75) is 12.5 Å². The van der Waals surface area contributed by atoms with Crippen LogP contribution in [0.1, 0.15) is 17.4 Å². The van der Waals surface area contributed by atoms with Gasteiger partial charge in [-0.25, -0.2) is 4.39 Å². The molecule has 0 aliphatic rings. The number of nitrogens with two attached hydrogens (primary N) is 1. The van der Waals surface area contributed by atoms with E-state index in [0.717, 1.165) is 11.3 Å². The Morgan fingerprint density at radius 2 is 2.18 bits per heavy atom. The average Bonchev–Trinajstić information content (AvgIpc) is 2.83. The lowest BCUT2D eigenvalue weighted by molar-refractivity contribution is 0.452. The number of hydrogen-bond acceptors (Lipinski definition) is 3. The molecular weight excluding hydrogens is 287 g/mol. The van der Waals surface area contributed by atoms with Crippen molar-refractivity contribution in [1.29, 1.82) is 0 Å². The Kier molecular flexibility index (Phi) is 3.93. The summed E-state index contributed by atoms with van der Waals surface area (Å²) in [6.45, 7) is 0. The van der Waals surface area contributed by atoms with Gasteiger partial charge in [0.05, 0.1) is 16.8 Å². The molecule has 2 rings (SSSR count). The fraction of sp³-hybridized carbons (Fsp3) is 0.167. The van der Waals surface area contributed by atoms with Gasteiger partial charge in [0, 0.05) is 6.42 Å². The molecule has 90 valence electrons. The Balaban J connectivity index is 2.26. The molecular formula is C12H12BrFN2O. The maximum Gasteiger partial charge on any atom is 0.137 e.